The summed E-state index contributed by atoms with van der Waals surface area (Å²) in [5, 5.41) is 4.74. The fourth-order valence-electron chi connectivity index (χ4n) is 1.61. The van der Waals surface area contributed by atoms with Crippen LogP contribution in [0.1, 0.15) is 45.6 Å². The molecule has 1 amide bonds. The lowest BCUT2D eigenvalue weighted by atomic mass is 10.2. The van der Waals surface area contributed by atoms with Crippen molar-refractivity contribution in [2.24, 2.45) is 11.0 Å². The lowest BCUT2D eigenvalue weighted by Crippen LogP contribution is -2.16. The van der Waals surface area contributed by atoms with Crippen molar-refractivity contribution in [2.45, 2.75) is 40.0 Å². The van der Waals surface area contributed by atoms with E-state index in [1.54, 1.807) is 12.1 Å². The Morgan fingerprint density at radius 3 is 2.55 bits per heavy atom. The van der Waals surface area contributed by atoms with E-state index in [-0.39, 0.29) is 5.91 Å². The first-order valence-corrected chi connectivity index (χ1v) is 8.13. The van der Waals surface area contributed by atoms with E-state index in [1.807, 2.05) is 20.8 Å². The zero-order chi connectivity index (χ0) is 16.5. The van der Waals surface area contributed by atoms with Gasteiger partial charge in [0.25, 0.3) is 0 Å². The van der Waals surface area contributed by atoms with Crippen molar-refractivity contribution >= 4 is 35.3 Å². The molecule has 1 rings (SSSR count). The van der Waals surface area contributed by atoms with E-state index in [0.29, 0.717) is 40.3 Å². The Balaban J connectivity index is 2.67. The Morgan fingerprint density at radius 2 is 2.00 bits per heavy atom. The Hall–Kier alpha value is -1.26. The summed E-state index contributed by atoms with van der Waals surface area (Å²) in [5.74, 6) is 0.750. The van der Waals surface area contributed by atoms with Gasteiger partial charge in [0, 0.05) is 6.42 Å². The van der Waals surface area contributed by atoms with Gasteiger partial charge >= 0.3 is 0 Å². The van der Waals surface area contributed by atoms with Crippen LogP contribution in [0.3, 0.4) is 0 Å². The number of hydrogen-bond acceptors (Lipinski definition) is 3. The van der Waals surface area contributed by atoms with E-state index in [9.17, 15) is 4.79 Å². The number of carbonyl (C=O) groups is 1. The molecule has 0 radical (unpaired) electrons. The molecule has 1 N–H and O–H groups in total. The Bertz CT molecular complexity index is 508. The fraction of sp³-hybridized carbons (Fsp3) is 0.500. The molecule has 0 fully saturated rings. The van der Waals surface area contributed by atoms with Crippen LogP contribution >= 0.6 is 23.2 Å². The summed E-state index contributed by atoms with van der Waals surface area (Å²) in [4.78, 5) is 11.4. The molecule has 0 aromatic heterocycles. The van der Waals surface area contributed by atoms with Crippen molar-refractivity contribution in [3.8, 4) is 5.75 Å². The molecule has 1 aromatic rings. The SMILES string of the molecule is CCCCC(=O)N/N=C/c1cc(Cl)c(OCC(C)C)c(Cl)c1. The van der Waals surface area contributed by atoms with E-state index >= 15 is 0 Å². The van der Waals surface area contributed by atoms with Gasteiger partial charge in [-0.05, 0) is 30.0 Å². The van der Waals surface area contributed by atoms with E-state index in [4.69, 9.17) is 27.9 Å². The summed E-state index contributed by atoms with van der Waals surface area (Å²) in [6, 6.07) is 3.40. The van der Waals surface area contributed by atoms with E-state index in [0.717, 1.165) is 12.8 Å². The molecule has 22 heavy (non-hydrogen) atoms. The van der Waals surface area contributed by atoms with E-state index in [2.05, 4.69) is 10.5 Å². The molecule has 0 aliphatic heterocycles. The maximum Gasteiger partial charge on any atom is 0.240 e. The third-order valence-corrected chi connectivity index (χ3v) is 3.30. The number of halogens is 2. The van der Waals surface area contributed by atoms with Gasteiger partial charge in [0.15, 0.2) is 5.75 Å². The van der Waals surface area contributed by atoms with Gasteiger partial charge in [0.2, 0.25) is 5.91 Å². The third kappa shape index (κ3) is 6.67. The number of nitrogens with one attached hydrogen (secondary N) is 1. The zero-order valence-corrected chi connectivity index (χ0v) is 14.7. The first-order valence-electron chi connectivity index (χ1n) is 7.37. The molecule has 0 aliphatic carbocycles. The number of unbranched alkanes of at least 4 members (excludes halogenated alkanes) is 1. The van der Waals surface area contributed by atoms with Crippen LogP contribution < -0.4 is 10.2 Å². The highest BCUT2D eigenvalue weighted by Crippen LogP contribution is 2.34. The quantitative estimate of drug-likeness (QED) is 0.550. The van der Waals surface area contributed by atoms with Gasteiger partial charge in [-0.1, -0.05) is 50.4 Å². The van der Waals surface area contributed by atoms with Gasteiger partial charge in [0.05, 0.1) is 22.9 Å². The van der Waals surface area contributed by atoms with Gasteiger partial charge in [0.1, 0.15) is 0 Å². The van der Waals surface area contributed by atoms with E-state index < -0.39 is 0 Å². The van der Waals surface area contributed by atoms with Crippen molar-refractivity contribution in [3.63, 3.8) is 0 Å². The fourth-order valence-corrected chi connectivity index (χ4v) is 2.23. The zero-order valence-electron chi connectivity index (χ0n) is 13.2. The Labute approximate surface area is 141 Å². The van der Waals surface area contributed by atoms with Crippen LogP contribution in [0.4, 0.5) is 0 Å². The second-order valence-electron chi connectivity index (χ2n) is 5.42. The number of carbonyl (C=O) groups excluding carboxylic acids is 1. The molecule has 0 atom stereocenters. The maximum absolute atomic E-state index is 11.4. The number of hydrogen-bond donors (Lipinski definition) is 1. The molecule has 0 saturated carbocycles. The molecule has 4 nitrogen and oxygen atoms in total. The minimum Gasteiger partial charge on any atom is -0.490 e. The molecule has 122 valence electrons. The number of nitrogens with zero attached hydrogens (tertiary/aromatic N) is 1. The molecule has 1 aromatic carbocycles. The van der Waals surface area contributed by atoms with Gasteiger partial charge in [-0.25, -0.2) is 5.43 Å². The third-order valence-electron chi connectivity index (χ3n) is 2.74. The highest BCUT2D eigenvalue weighted by atomic mass is 35.5. The van der Waals surface area contributed by atoms with Crippen molar-refractivity contribution < 1.29 is 9.53 Å². The number of ether oxygens (including phenoxy) is 1. The van der Waals surface area contributed by atoms with Gasteiger partial charge < -0.3 is 4.74 Å². The molecular formula is C16H22Cl2N2O2. The summed E-state index contributed by atoms with van der Waals surface area (Å²) in [6.45, 7) is 6.66. The summed E-state index contributed by atoms with van der Waals surface area (Å²) < 4.78 is 5.59. The monoisotopic (exact) mass is 344 g/mol. The highest BCUT2D eigenvalue weighted by Gasteiger charge is 2.10. The van der Waals surface area contributed by atoms with Crippen LogP contribution in [0, 0.1) is 5.92 Å². The van der Waals surface area contributed by atoms with E-state index in [1.165, 1.54) is 6.21 Å². The molecular weight excluding hydrogens is 323 g/mol. The van der Waals surface area contributed by atoms with Crippen molar-refractivity contribution in [2.75, 3.05) is 6.61 Å². The van der Waals surface area contributed by atoms with Crippen LogP contribution in [-0.2, 0) is 4.79 Å². The Kier molecular flexibility index (Phi) is 8.28. The highest BCUT2D eigenvalue weighted by molar-refractivity contribution is 6.37. The average Bonchev–Trinajstić information content (AvgIpc) is 2.44. The van der Waals surface area contributed by atoms with Crippen LogP contribution in [0.5, 0.6) is 5.75 Å². The summed E-state index contributed by atoms with van der Waals surface area (Å²) in [7, 11) is 0. The predicted molar refractivity (Wildman–Crippen MR) is 92.1 cm³/mol. The number of benzene rings is 1. The summed E-state index contributed by atoms with van der Waals surface area (Å²) in [5.41, 5.74) is 3.17. The molecule has 0 unspecified atom stereocenters. The van der Waals surface area contributed by atoms with Crippen LogP contribution in [0.25, 0.3) is 0 Å². The second-order valence-corrected chi connectivity index (χ2v) is 6.23. The first kappa shape index (κ1) is 18.8. The average molecular weight is 345 g/mol. The summed E-state index contributed by atoms with van der Waals surface area (Å²) >= 11 is 12.3. The summed E-state index contributed by atoms with van der Waals surface area (Å²) in [6.07, 6.45) is 3.80. The van der Waals surface area contributed by atoms with Crippen LogP contribution in [0.2, 0.25) is 10.0 Å². The Morgan fingerprint density at radius 1 is 1.36 bits per heavy atom. The predicted octanol–water partition coefficient (Wildman–Crippen LogP) is 4.67. The first-order chi connectivity index (χ1) is 10.4. The standard InChI is InChI=1S/C16H22Cl2N2O2/c1-4-5-6-15(21)20-19-9-12-7-13(17)16(14(18)8-12)22-10-11(2)3/h7-9,11H,4-6,10H2,1-3H3,(H,20,21)/b19-9+. The molecule has 0 spiro atoms. The maximum atomic E-state index is 11.4. The number of rotatable bonds is 8. The lowest BCUT2D eigenvalue weighted by Gasteiger charge is -2.12. The molecule has 0 aliphatic rings. The lowest BCUT2D eigenvalue weighted by molar-refractivity contribution is -0.121. The van der Waals surface area contributed by atoms with Crippen molar-refractivity contribution in [1.29, 1.82) is 0 Å². The topological polar surface area (TPSA) is 50.7 Å². The van der Waals surface area contributed by atoms with Gasteiger partial charge in [-0.15, -0.1) is 0 Å². The normalized spacial score (nSPS) is 11.2. The second kappa shape index (κ2) is 9.70. The molecule has 6 heteroatoms. The number of amides is 1. The number of hydrazone groups is 1. The minimum absolute atomic E-state index is 0.104. The van der Waals surface area contributed by atoms with Crippen LogP contribution in [0.15, 0.2) is 17.2 Å². The van der Waals surface area contributed by atoms with Gasteiger partial charge in [-0.2, -0.15) is 5.10 Å². The van der Waals surface area contributed by atoms with Crippen LogP contribution in [-0.4, -0.2) is 18.7 Å². The smallest absolute Gasteiger partial charge is 0.240 e. The molecule has 0 bridgehead atoms. The minimum atomic E-state index is -0.104. The van der Waals surface area contributed by atoms with Gasteiger partial charge in [-0.3, -0.25) is 4.79 Å². The van der Waals surface area contributed by atoms with Crippen molar-refractivity contribution in [1.82, 2.24) is 5.43 Å². The molecule has 0 saturated heterocycles. The largest absolute Gasteiger partial charge is 0.490 e. The van der Waals surface area contributed by atoms with Crippen molar-refractivity contribution in [3.05, 3.63) is 27.7 Å². The molecule has 0 heterocycles.